The van der Waals surface area contributed by atoms with E-state index < -0.39 is 4.92 Å². The van der Waals surface area contributed by atoms with Crippen LogP contribution < -0.4 is 4.90 Å². The topological polar surface area (TPSA) is 75.8 Å². The van der Waals surface area contributed by atoms with E-state index in [1.807, 2.05) is 66.7 Å². The van der Waals surface area contributed by atoms with E-state index in [9.17, 15) is 14.9 Å². The molecule has 1 fully saturated rings. The van der Waals surface area contributed by atoms with E-state index in [1.54, 1.807) is 11.0 Å². The van der Waals surface area contributed by atoms with Gasteiger partial charge in [0.25, 0.3) is 5.69 Å². The number of para-hydroxylation sites is 2. The normalized spacial score (nSPS) is 18.1. The Hall–Kier alpha value is -3.45. The van der Waals surface area contributed by atoms with Gasteiger partial charge in [-0.2, -0.15) is 0 Å². The summed E-state index contributed by atoms with van der Waals surface area (Å²) in [6, 6.07) is 25.3. The van der Waals surface area contributed by atoms with E-state index in [4.69, 9.17) is 4.99 Å². The third-order valence-corrected chi connectivity index (χ3v) is 5.70. The van der Waals surface area contributed by atoms with Gasteiger partial charge in [0.15, 0.2) is 5.17 Å². The maximum atomic E-state index is 13.1. The van der Waals surface area contributed by atoms with Gasteiger partial charge in [-0.25, -0.2) is 4.99 Å². The van der Waals surface area contributed by atoms with Gasteiger partial charge in [0, 0.05) is 23.8 Å². The molecule has 1 atom stereocenters. The lowest BCUT2D eigenvalue weighted by Crippen LogP contribution is -2.40. The molecule has 7 heteroatoms. The Bertz CT molecular complexity index is 1070. The molecule has 0 N–H and O–H groups in total. The second-order valence-corrected chi connectivity index (χ2v) is 7.63. The zero-order chi connectivity index (χ0) is 20.2. The fourth-order valence-corrected chi connectivity index (χ4v) is 4.36. The van der Waals surface area contributed by atoms with Gasteiger partial charge in [-0.3, -0.25) is 19.8 Å². The molecule has 4 rings (SSSR count). The van der Waals surface area contributed by atoms with Crippen LogP contribution >= 0.6 is 11.8 Å². The molecule has 1 saturated heterocycles. The fourth-order valence-electron chi connectivity index (χ4n) is 3.12. The monoisotopic (exact) mass is 403 g/mol. The van der Waals surface area contributed by atoms with E-state index in [2.05, 4.69) is 0 Å². The summed E-state index contributed by atoms with van der Waals surface area (Å²) in [5.41, 5.74) is 2.24. The molecular formula is C22H17N3O3S. The number of nitro groups is 1. The molecule has 0 radical (unpaired) electrons. The van der Waals surface area contributed by atoms with Gasteiger partial charge in [-0.1, -0.05) is 60.3 Å². The molecule has 3 aromatic rings. The average molecular weight is 403 g/mol. The van der Waals surface area contributed by atoms with E-state index in [1.165, 1.54) is 23.9 Å². The molecule has 1 aliphatic heterocycles. The highest BCUT2D eigenvalue weighted by molar-refractivity contribution is 8.14. The van der Waals surface area contributed by atoms with E-state index in [0.29, 0.717) is 5.17 Å². The third kappa shape index (κ3) is 4.20. The van der Waals surface area contributed by atoms with Crippen molar-refractivity contribution in [1.29, 1.82) is 0 Å². The summed E-state index contributed by atoms with van der Waals surface area (Å²) >= 11 is 1.44. The number of nitro benzene ring substituents is 1. The lowest BCUT2D eigenvalue weighted by atomic mass is 10.1. The highest BCUT2D eigenvalue weighted by Crippen LogP contribution is 2.42. The quantitative estimate of drug-likeness (QED) is 0.426. The molecule has 0 aliphatic carbocycles. The molecule has 0 spiro atoms. The van der Waals surface area contributed by atoms with Crippen LogP contribution in [0.5, 0.6) is 0 Å². The Morgan fingerprint density at radius 3 is 2.34 bits per heavy atom. The van der Waals surface area contributed by atoms with Crippen molar-refractivity contribution in [2.75, 3.05) is 4.90 Å². The smallest absolute Gasteiger partial charge is 0.269 e. The minimum atomic E-state index is -0.423. The number of amidine groups is 1. The Labute approximate surface area is 172 Å². The first-order chi connectivity index (χ1) is 14.1. The first-order valence-corrected chi connectivity index (χ1v) is 9.92. The van der Waals surface area contributed by atoms with Crippen LogP contribution in [0.1, 0.15) is 17.2 Å². The van der Waals surface area contributed by atoms with Crippen molar-refractivity contribution in [2.45, 2.75) is 11.7 Å². The zero-order valence-corrected chi connectivity index (χ0v) is 16.2. The molecule has 144 valence electrons. The maximum absolute atomic E-state index is 13.1. The molecule has 1 unspecified atom stereocenters. The Kier molecular flexibility index (Phi) is 5.39. The fraction of sp³-hybridized carbons (Fsp3) is 0.0909. The number of hydrogen-bond donors (Lipinski definition) is 0. The Morgan fingerprint density at radius 2 is 1.66 bits per heavy atom. The van der Waals surface area contributed by atoms with Crippen LogP contribution in [0.15, 0.2) is 89.9 Å². The minimum absolute atomic E-state index is 0.0163. The Morgan fingerprint density at radius 1 is 0.966 bits per heavy atom. The van der Waals surface area contributed by atoms with Crippen molar-refractivity contribution in [1.82, 2.24) is 0 Å². The molecule has 6 nitrogen and oxygen atoms in total. The summed E-state index contributed by atoms with van der Waals surface area (Å²) < 4.78 is 0. The second kappa shape index (κ2) is 8.28. The van der Waals surface area contributed by atoms with Gasteiger partial charge < -0.3 is 0 Å². The summed E-state index contributed by atoms with van der Waals surface area (Å²) in [5, 5.41) is 11.4. The number of amides is 1. The van der Waals surface area contributed by atoms with Crippen molar-refractivity contribution >= 4 is 39.9 Å². The summed E-state index contributed by atoms with van der Waals surface area (Å²) in [4.78, 5) is 30.1. The molecule has 0 saturated carbocycles. The third-order valence-electron chi connectivity index (χ3n) is 4.50. The van der Waals surface area contributed by atoms with Crippen LogP contribution in [0.3, 0.4) is 0 Å². The summed E-state index contributed by atoms with van der Waals surface area (Å²) in [7, 11) is 0. The van der Waals surface area contributed by atoms with Crippen molar-refractivity contribution in [3.63, 3.8) is 0 Å². The van der Waals surface area contributed by atoms with Crippen molar-refractivity contribution in [2.24, 2.45) is 4.99 Å². The number of rotatable bonds is 4. The van der Waals surface area contributed by atoms with Crippen LogP contribution in [0.25, 0.3) is 0 Å². The van der Waals surface area contributed by atoms with Crippen molar-refractivity contribution in [3.8, 4) is 0 Å². The van der Waals surface area contributed by atoms with Crippen LogP contribution in [-0.2, 0) is 4.79 Å². The van der Waals surface area contributed by atoms with Crippen molar-refractivity contribution in [3.05, 3.63) is 101 Å². The van der Waals surface area contributed by atoms with Gasteiger partial charge in [-0.15, -0.1) is 0 Å². The van der Waals surface area contributed by atoms with Gasteiger partial charge in [0.05, 0.1) is 16.3 Å². The van der Waals surface area contributed by atoms with E-state index >= 15 is 0 Å². The summed E-state index contributed by atoms with van der Waals surface area (Å²) in [6.07, 6.45) is 0.231. The maximum Gasteiger partial charge on any atom is 0.269 e. The number of carbonyl (C=O) groups is 1. The van der Waals surface area contributed by atoms with Gasteiger partial charge in [-0.05, 0) is 29.8 Å². The Balaban J connectivity index is 1.74. The number of anilines is 1. The predicted octanol–water partition coefficient (Wildman–Crippen LogP) is 5.49. The average Bonchev–Trinajstić information content (AvgIpc) is 2.75. The summed E-state index contributed by atoms with van der Waals surface area (Å²) in [5.74, 6) is -0.0962. The van der Waals surface area contributed by atoms with Gasteiger partial charge >= 0.3 is 0 Å². The molecule has 1 amide bonds. The van der Waals surface area contributed by atoms with Crippen LogP contribution in [-0.4, -0.2) is 16.0 Å². The molecule has 0 bridgehead atoms. The van der Waals surface area contributed by atoms with E-state index in [0.717, 1.165) is 16.9 Å². The van der Waals surface area contributed by atoms with Crippen molar-refractivity contribution < 1.29 is 9.72 Å². The second-order valence-electron chi connectivity index (χ2n) is 6.46. The lowest BCUT2D eigenvalue weighted by molar-refractivity contribution is -0.384. The lowest BCUT2D eigenvalue weighted by Gasteiger charge is -2.32. The minimum Gasteiger partial charge on any atom is -0.274 e. The predicted molar refractivity (Wildman–Crippen MR) is 116 cm³/mol. The van der Waals surface area contributed by atoms with Crippen LogP contribution in [0.4, 0.5) is 17.1 Å². The highest BCUT2D eigenvalue weighted by atomic mass is 32.2. The van der Waals surface area contributed by atoms with Gasteiger partial charge in [0.2, 0.25) is 5.91 Å². The SMILES string of the molecule is O=C1CC(c2cccc([N+](=O)[O-])c2)SC(=Nc2ccccc2)N1c1ccccc1. The highest BCUT2D eigenvalue weighted by Gasteiger charge is 2.34. The number of carbonyl (C=O) groups excluding carboxylic acids is 1. The molecule has 0 aromatic heterocycles. The molecular weight excluding hydrogens is 386 g/mol. The number of non-ortho nitro benzene ring substituents is 1. The number of thioether (sulfide) groups is 1. The molecule has 1 heterocycles. The summed E-state index contributed by atoms with van der Waals surface area (Å²) in [6.45, 7) is 0. The van der Waals surface area contributed by atoms with Crippen LogP contribution in [0.2, 0.25) is 0 Å². The largest absolute Gasteiger partial charge is 0.274 e. The first kappa shape index (κ1) is 18.9. The molecule has 3 aromatic carbocycles. The first-order valence-electron chi connectivity index (χ1n) is 9.04. The number of nitrogens with zero attached hydrogens (tertiary/aromatic N) is 3. The number of aliphatic imine (C=N–C) groups is 1. The van der Waals surface area contributed by atoms with Gasteiger partial charge in [0.1, 0.15) is 0 Å². The number of hydrogen-bond acceptors (Lipinski definition) is 5. The molecule has 1 aliphatic rings. The number of benzene rings is 3. The van der Waals surface area contributed by atoms with Crippen LogP contribution in [0, 0.1) is 10.1 Å². The zero-order valence-electron chi connectivity index (χ0n) is 15.3. The van der Waals surface area contributed by atoms with E-state index in [-0.39, 0.29) is 23.3 Å². The molecule has 29 heavy (non-hydrogen) atoms. The standard InChI is InChI=1S/C22H17N3O3S/c26-21-15-20(16-8-7-13-19(14-16)25(27)28)29-22(23-17-9-3-1-4-10-17)24(21)18-11-5-2-6-12-18/h1-14,20H,15H2.